The van der Waals surface area contributed by atoms with Gasteiger partial charge in [-0.25, -0.2) is 4.98 Å². The van der Waals surface area contributed by atoms with Gasteiger partial charge in [-0.1, -0.05) is 30.3 Å². The van der Waals surface area contributed by atoms with Crippen molar-refractivity contribution >= 4 is 11.5 Å². The first-order valence-electron chi connectivity index (χ1n) is 6.10. The Morgan fingerprint density at radius 3 is 2.50 bits per heavy atom. The number of aliphatic hydroxyl groups is 1. The van der Waals surface area contributed by atoms with Gasteiger partial charge in [0.15, 0.2) is 0 Å². The molecule has 1 heterocycles. The van der Waals surface area contributed by atoms with E-state index in [2.05, 4.69) is 10.3 Å². The van der Waals surface area contributed by atoms with Crippen LogP contribution in [0.1, 0.15) is 12.5 Å². The van der Waals surface area contributed by atoms with Gasteiger partial charge in [0.05, 0.1) is 17.1 Å². The number of pyridine rings is 1. The minimum Gasteiger partial charge on any atom is -0.394 e. The Balaban J connectivity index is 2.24. The number of aliphatic hydroxyl groups excluding tert-OH is 1. The van der Waals surface area contributed by atoms with Crippen molar-refractivity contribution in [1.82, 2.24) is 4.98 Å². The van der Waals surface area contributed by atoms with Crippen LogP contribution in [0.5, 0.6) is 0 Å². The molecule has 0 amide bonds. The van der Waals surface area contributed by atoms with Crippen molar-refractivity contribution in [2.45, 2.75) is 12.5 Å². The molecule has 20 heavy (non-hydrogen) atoms. The Hall–Kier alpha value is -2.47. The van der Waals surface area contributed by atoms with E-state index in [1.54, 1.807) is 0 Å². The monoisotopic (exact) mass is 273 g/mol. The zero-order chi connectivity index (χ0) is 14.6. The minimum absolute atomic E-state index is 0.0686. The summed E-state index contributed by atoms with van der Waals surface area (Å²) in [6, 6.07) is 12.4. The molecule has 1 unspecified atom stereocenters. The Morgan fingerprint density at radius 2 is 2.00 bits per heavy atom. The van der Waals surface area contributed by atoms with Gasteiger partial charge in [-0.05, 0) is 18.6 Å². The molecule has 0 saturated carbocycles. The Kier molecular flexibility index (Phi) is 3.95. The van der Waals surface area contributed by atoms with E-state index in [0.29, 0.717) is 5.82 Å². The van der Waals surface area contributed by atoms with Gasteiger partial charge in [0.2, 0.25) is 0 Å². The van der Waals surface area contributed by atoms with E-state index in [1.807, 2.05) is 37.3 Å². The average Bonchev–Trinajstić information content (AvgIpc) is 2.48. The van der Waals surface area contributed by atoms with E-state index < -0.39 is 10.5 Å². The predicted molar refractivity (Wildman–Crippen MR) is 75.4 cm³/mol. The van der Waals surface area contributed by atoms with Gasteiger partial charge in [0.1, 0.15) is 12.0 Å². The summed E-state index contributed by atoms with van der Waals surface area (Å²) < 4.78 is 0. The van der Waals surface area contributed by atoms with Gasteiger partial charge >= 0.3 is 0 Å². The Morgan fingerprint density at radius 1 is 1.30 bits per heavy atom. The Bertz CT molecular complexity index is 586. The highest BCUT2D eigenvalue weighted by molar-refractivity contribution is 5.44. The first-order valence-corrected chi connectivity index (χ1v) is 6.10. The van der Waals surface area contributed by atoms with E-state index in [4.69, 9.17) is 0 Å². The number of anilines is 1. The molecule has 0 fully saturated rings. The zero-order valence-corrected chi connectivity index (χ0v) is 11.0. The van der Waals surface area contributed by atoms with Gasteiger partial charge in [0.25, 0.3) is 5.69 Å². The van der Waals surface area contributed by atoms with Crippen molar-refractivity contribution in [1.29, 1.82) is 0 Å². The smallest absolute Gasteiger partial charge is 0.287 e. The molecule has 0 aliphatic rings. The summed E-state index contributed by atoms with van der Waals surface area (Å²) in [4.78, 5) is 14.1. The maximum atomic E-state index is 10.6. The summed E-state index contributed by atoms with van der Waals surface area (Å²) in [5.74, 6) is 0.469. The number of nitrogens with one attached hydrogen (secondary N) is 1. The molecule has 0 spiro atoms. The fraction of sp³-hybridized carbons (Fsp3) is 0.214. The molecule has 2 aromatic rings. The molecule has 1 atom stereocenters. The van der Waals surface area contributed by atoms with Crippen LogP contribution >= 0.6 is 0 Å². The van der Waals surface area contributed by atoms with Gasteiger partial charge in [0, 0.05) is 6.07 Å². The zero-order valence-electron chi connectivity index (χ0n) is 11.0. The number of aromatic nitrogens is 1. The summed E-state index contributed by atoms with van der Waals surface area (Å²) in [7, 11) is 0. The lowest BCUT2D eigenvalue weighted by atomic mass is 9.93. The van der Waals surface area contributed by atoms with Crippen molar-refractivity contribution in [3.63, 3.8) is 0 Å². The van der Waals surface area contributed by atoms with E-state index in [-0.39, 0.29) is 12.3 Å². The van der Waals surface area contributed by atoms with Crippen LogP contribution in [0.4, 0.5) is 11.5 Å². The van der Waals surface area contributed by atoms with Gasteiger partial charge in [-0.3, -0.25) is 10.1 Å². The number of rotatable bonds is 5. The summed E-state index contributed by atoms with van der Waals surface area (Å²) in [6.45, 7) is 1.71. The van der Waals surface area contributed by atoms with Crippen LogP contribution in [-0.2, 0) is 5.54 Å². The number of hydrogen-bond donors (Lipinski definition) is 2. The minimum atomic E-state index is -0.704. The van der Waals surface area contributed by atoms with Gasteiger partial charge in [-0.2, -0.15) is 0 Å². The molecule has 1 aromatic carbocycles. The van der Waals surface area contributed by atoms with E-state index in [1.165, 1.54) is 18.3 Å². The SMILES string of the molecule is CC(CO)(Nc1ccc([N+](=O)[O-])cn1)c1ccccc1. The van der Waals surface area contributed by atoms with Crippen LogP contribution in [0.25, 0.3) is 0 Å². The molecule has 2 rings (SSSR count). The topological polar surface area (TPSA) is 88.3 Å². The van der Waals surface area contributed by atoms with Gasteiger partial charge < -0.3 is 10.4 Å². The highest BCUT2D eigenvalue weighted by Crippen LogP contribution is 2.25. The third kappa shape index (κ3) is 2.92. The molecule has 0 aliphatic heterocycles. The number of nitrogens with zero attached hydrogens (tertiary/aromatic N) is 2. The second-order valence-corrected chi connectivity index (χ2v) is 4.64. The highest BCUT2D eigenvalue weighted by Gasteiger charge is 2.25. The molecule has 6 heteroatoms. The third-order valence-electron chi connectivity index (χ3n) is 3.09. The molecule has 2 N–H and O–H groups in total. The van der Waals surface area contributed by atoms with Crippen LogP contribution < -0.4 is 5.32 Å². The molecule has 0 bridgehead atoms. The first-order chi connectivity index (χ1) is 9.55. The van der Waals surface area contributed by atoms with E-state index >= 15 is 0 Å². The fourth-order valence-electron chi connectivity index (χ4n) is 1.86. The van der Waals surface area contributed by atoms with Crippen LogP contribution in [-0.4, -0.2) is 21.6 Å². The second kappa shape index (κ2) is 5.66. The van der Waals surface area contributed by atoms with Crippen LogP contribution in [0.15, 0.2) is 48.7 Å². The second-order valence-electron chi connectivity index (χ2n) is 4.64. The number of benzene rings is 1. The number of hydrogen-bond acceptors (Lipinski definition) is 5. The maximum Gasteiger partial charge on any atom is 0.287 e. The normalized spacial score (nSPS) is 13.5. The lowest BCUT2D eigenvalue weighted by molar-refractivity contribution is -0.385. The standard InChI is InChI=1S/C14H15N3O3/c1-14(10-18,11-5-3-2-4-6-11)16-13-8-7-12(9-15-13)17(19)20/h2-9,18H,10H2,1H3,(H,15,16). The predicted octanol–water partition coefficient (Wildman–Crippen LogP) is 2.31. The third-order valence-corrected chi connectivity index (χ3v) is 3.09. The molecule has 1 aromatic heterocycles. The van der Waals surface area contributed by atoms with Crippen molar-refractivity contribution in [3.8, 4) is 0 Å². The molecular weight excluding hydrogens is 258 g/mol. The summed E-state index contributed by atoms with van der Waals surface area (Å²) in [5.41, 5.74) is 0.133. The highest BCUT2D eigenvalue weighted by atomic mass is 16.6. The molecule has 0 aliphatic carbocycles. The summed E-state index contributed by atoms with van der Waals surface area (Å²) >= 11 is 0. The van der Waals surface area contributed by atoms with E-state index in [0.717, 1.165) is 5.56 Å². The first kappa shape index (κ1) is 14.0. The van der Waals surface area contributed by atoms with Crippen molar-refractivity contribution < 1.29 is 10.0 Å². The average molecular weight is 273 g/mol. The molecular formula is C14H15N3O3. The van der Waals surface area contributed by atoms with Crippen LogP contribution in [0, 0.1) is 10.1 Å². The lowest BCUT2D eigenvalue weighted by Crippen LogP contribution is -2.36. The fourth-order valence-corrected chi connectivity index (χ4v) is 1.86. The summed E-state index contributed by atoms with van der Waals surface area (Å²) in [6.07, 6.45) is 1.19. The van der Waals surface area contributed by atoms with Crippen LogP contribution in [0.3, 0.4) is 0 Å². The molecule has 104 valence electrons. The Labute approximate surface area is 116 Å². The largest absolute Gasteiger partial charge is 0.394 e. The maximum absolute atomic E-state index is 10.6. The molecule has 0 saturated heterocycles. The van der Waals surface area contributed by atoms with Crippen molar-refractivity contribution in [2.24, 2.45) is 0 Å². The molecule has 0 radical (unpaired) electrons. The quantitative estimate of drug-likeness (QED) is 0.644. The van der Waals surface area contributed by atoms with E-state index in [9.17, 15) is 15.2 Å². The summed E-state index contributed by atoms with van der Waals surface area (Å²) in [5, 5.41) is 23.3. The van der Waals surface area contributed by atoms with Gasteiger partial charge in [-0.15, -0.1) is 0 Å². The number of nitro groups is 1. The lowest BCUT2D eigenvalue weighted by Gasteiger charge is -2.29. The van der Waals surface area contributed by atoms with Crippen LogP contribution in [0.2, 0.25) is 0 Å². The van der Waals surface area contributed by atoms with Crippen molar-refractivity contribution in [3.05, 3.63) is 64.3 Å². The van der Waals surface area contributed by atoms with Crippen molar-refractivity contribution in [2.75, 3.05) is 11.9 Å². The molecule has 6 nitrogen and oxygen atoms in total.